The Labute approximate surface area is 119 Å². The van der Waals surface area contributed by atoms with Crippen LogP contribution in [-0.4, -0.2) is 36.9 Å². The van der Waals surface area contributed by atoms with Crippen molar-refractivity contribution in [2.24, 2.45) is 11.7 Å². The molecule has 2 amide bonds. The van der Waals surface area contributed by atoms with Gasteiger partial charge < -0.3 is 11.1 Å². The Morgan fingerprint density at radius 1 is 1.25 bits per heavy atom. The number of nitrogens with one attached hydrogen (secondary N) is 1. The second-order valence-electron chi connectivity index (χ2n) is 5.14. The van der Waals surface area contributed by atoms with Gasteiger partial charge in [-0.05, 0) is 31.5 Å². The van der Waals surface area contributed by atoms with Crippen LogP contribution in [0.5, 0.6) is 0 Å². The highest BCUT2D eigenvalue weighted by Gasteiger charge is 2.31. The fourth-order valence-corrected chi connectivity index (χ4v) is 2.81. The molecule has 1 atom stereocenters. The number of rotatable bonds is 4. The molecule has 108 valence electrons. The second-order valence-corrected chi connectivity index (χ2v) is 5.14. The van der Waals surface area contributed by atoms with Crippen molar-refractivity contribution < 1.29 is 9.59 Å². The summed E-state index contributed by atoms with van der Waals surface area (Å²) in [6.45, 7) is 1.42. The monoisotopic (exact) mass is 275 g/mol. The number of carbonyl (C=O) groups is 2. The molecule has 1 aliphatic heterocycles. The lowest BCUT2D eigenvalue weighted by atomic mass is 9.93. The molecule has 1 unspecified atom stereocenters. The van der Waals surface area contributed by atoms with E-state index in [0.29, 0.717) is 13.1 Å². The van der Waals surface area contributed by atoms with Crippen LogP contribution in [-0.2, 0) is 9.59 Å². The Hall–Kier alpha value is -1.88. The number of primary amides is 1. The van der Waals surface area contributed by atoms with Crippen molar-refractivity contribution in [1.29, 1.82) is 0 Å². The summed E-state index contributed by atoms with van der Waals surface area (Å²) in [5.41, 5.74) is 6.48. The highest BCUT2D eigenvalue weighted by molar-refractivity contribution is 5.81. The Kier molecular flexibility index (Phi) is 4.74. The van der Waals surface area contributed by atoms with Gasteiger partial charge in [0.15, 0.2) is 0 Å². The summed E-state index contributed by atoms with van der Waals surface area (Å²) in [5.74, 6) is -0.213. The van der Waals surface area contributed by atoms with Crippen molar-refractivity contribution in [3.8, 4) is 0 Å². The highest BCUT2D eigenvalue weighted by atomic mass is 16.2. The minimum absolute atomic E-state index is 0.0422. The van der Waals surface area contributed by atoms with Crippen LogP contribution in [0.1, 0.15) is 24.4 Å². The van der Waals surface area contributed by atoms with Crippen LogP contribution in [0.15, 0.2) is 30.3 Å². The molecule has 0 aliphatic carbocycles. The zero-order valence-electron chi connectivity index (χ0n) is 11.7. The summed E-state index contributed by atoms with van der Waals surface area (Å²) in [6, 6.07) is 9.16. The van der Waals surface area contributed by atoms with Crippen LogP contribution in [0.2, 0.25) is 0 Å². The number of hydrogen-bond acceptors (Lipinski definition) is 3. The molecule has 3 N–H and O–H groups in total. The largest absolute Gasteiger partial charge is 0.368 e. The van der Waals surface area contributed by atoms with Crippen LogP contribution in [0.3, 0.4) is 0 Å². The number of nitrogens with two attached hydrogens (primary N) is 1. The van der Waals surface area contributed by atoms with Crippen LogP contribution in [0, 0.1) is 5.92 Å². The fraction of sp³-hybridized carbons (Fsp3) is 0.467. The molecule has 0 saturated carbocycles. The Balaban J connectivity index is 2.06. The average molecular weight is 275 g/mol. The number of carbonyl (C=O) groups excluding carboxylic acids is 2. The molecule has 1 aromatic carbocycles. The number of amides is 2. The Bertz CT molecular complexity index is 467. The molecule has 2 rings (SSSR count). The van der Waals surface area contributed by atoms with E-state index in [1.807, 2.05) is 30.3 Å². The van der Waals surface area contributed by atoms with Gasteiger partial charge >= 0.3 is 0 Å². The molecule has 1 saturated heterocycles. The summed E-state index contributed by atoms with van der Waals surface area (Å²) in [7, 11) is 1.66. The van der Waals surface area contributed by atoms with Crippen molar-refractivity contribution in [3.63, 3.8) is 0 Å². The van der Waals surface area contributed by atoms with Crippen LogP contribution >= 0.6 is 0 Å². The number of benzene rings is 1. The Morgan fingerprint density at radius 2 is 1.85 bits per heavy atom. The molecule has 5 heteroatoms. The molecule has 1 aliphatic rings. The summed E-state index contributed by atoms with van der Waals surface area (Å²) in [6.07, 6.45) is 1.52. The van der Waals surface area contributed by atoms with E-state index in [1.165, 1.54) is 0 Å². The maximum atomic E-state index is 11.8. The first-order valence-electron chi connectivity index (χ1n) is 6.93. The van der Waals surface area contributed by atoms with E-state index in [0.717, 1.165) is 18.4 Å². The molecule has 0 radical (unpaired) electrons. The smallest absolute Gasteiger partial charge is 0.239 e. The molecule has 1 fully saturated rings. The quantitative estimate of drug-likeness (QED) is 0.848. The van der Waals surface area contributed by atoms with Gasteiger partial charge in [-0.2, -0.15) is 0 Å². The molecule has 1 heterocycles. The molecule has 0 aromatic heterocycles. The molecule has 5 nitrogen and oxygen atoms in total. The van der Waals surface area contributed by atoms with Gasteiger partial charge in [0.2, 0.25) is 11.8 Å². The lowest BCUT2D eigenvalue weighted by Gasteiger charge is -2.35. The van der Waals surface area contributed by atoms with Crippen molar-refractivity contribution in [3.05, 3.63) is 35.9 Å². The van der Waals surface area contributed by atoms with Gasteiger partial charge in [0.25, 0.3) is 0 Å². The third-order valence-corrected chi connectivity index (χ3v) is 3.90. The van der Waals surface area contributed by atoms with Gasteiger partial charge in [-0.1, -0.05) is 30.3 Å². The van der Waals surface area contributed by atoms with E-state index in [1.54, 1.807) is 7.05 Å². The summed E-state index contributed by atoms with van der Waals surface area (Å²) in [4.78, 5) is 25.5. The topological polar surface area (TPSA) is 75.4 Å². The van der Waals surface area contributed by atoms with E-state index >= 15 is 0 Å². The minimum Gasteiger partial charge on any atom is -0.368 e. The summed E-state index contributed by atoms with van der Waals surface area (Å²) in [5, 5.41) is 2.68. The number of nitrogens with zero attached hydrogens (tertiary/aromatic N) is 1. The van der Waals surface area contributed by atoms with E-state index in [-0.39, 0.29) is 17.7 Å². The van der Waals surface area contributed by atoms with Gasteiger partial charge in [-0.3, -0.25) is 14.5 Å². The first-order chi connectivity index (χ1) is 9.63. The fourth-order valence-electron chi connectivity index (χ4n) is 2.81. The van der Waals surface area contributed by atoms with E-state index < -0.39 is 6.04 Å². The third kappa shape index (κ3) is 3.17. The summed E-state index contributed by atoms with van der Waals surface area (Å²) >= 11 is 0. The lowest BCUT2D eigenvalue weighted by Crippen LogP contribution is -2.45. The van der Waals surface area contributed by atoms with Crippen LogP contribution in [0.25, 0.3) is 0 Å². The summed E-state index contributed by atoms with van der Waals surface area (Å²) < 4.78 is 0. The van der Waals surface area contributed by atoms with E-state index in [9.17, 15) is 9.59 Å². The zero-order chi connectivity index (χ0) is 14.5. The predicted octanol–water partition coefficient (Wildman–Crippen LogP) is 0.671. The van der Waals surface area contributed by atoms with E-state index in [2.05, 4.69) is 10.2 Å². The van der Waals surface area contributed by atoms with Crippen molar-refractivity contribution in [2.45, 2.75) is 18.9 Å². The third-order valence-electron chi connectivity index (χ3n) is 3.90. The second kappa shape index (κ2) is 6.52. The van der Waals surface area contributed by atoms with Crippen LogP contribution in [0.4, 0.5) is 0 Å². The first kappa shape index (κ1) is 14.5. The molecule has 20 heavy (non-hydrogen) atoms. The standard InChI is InChI=1S/C15H21N3O2/c1-17-15(20)12-7-9-18(10-8-12)13(14(16)19)11-5-3-2-4-6-11/h2-6,12-13H,7-10H2,1H3,(H2,16,19)(H,17,20). The first-order valence-corrected chi connectivity index (χ1v) is 6.93. The van der Waals surface area contributed by atoms with Crippen molar-refractivity contribution >= 4 is 11.8 Å². The molecule has 0 bridgehead atoms. The lowest BCUT2D eigenvalue weighted by molar-refractivity contribution is -0.127. The van der Waals surface area contributed by atoms with Gasteiger partial charge in [0.05, 0.1) is 0 Å². The molecular weight excluding hydrogens is 254 g/mol. The zero-order valence-corrected chi connectivity index (χ0v) is 11.7. The van der Waals surface area contributed by atoms with Gasteiger partial charge in [0, 0.05) is 13.0 Å². The normalized spacial score (nSPS) is 18.4. The van der Waals surface area contributed by atoms with E-state index in [4.69, 9.17) is 5.73 Å². The van der Waals surface area contributed by atoms with Gasteiger partial charge in [-0.15, -0.1) is 0 Å². The number of piperidine rings is 1. The van der Waals surface area contributed by atoms with Gasteiger partial charge in [0.1, 0.15) is 6.04 Å². The van der Waals surface area contributed by atoms with Crippen molar-refractivity contribution in [2.75, 3.05) is 20.1 Å². The molecule has 0 spiro atoms. The van der Waals surface area contributed by atoms with Crippen LogP contribution < -0.4 is 11.1 Å². The molecule has 1 aromatic rings. The maximum Gasteiger partial charge on any atom is 0.239 e. The van der Waals surface area contributed by atoms with Crippen molar-refractivity contribution in [1.82, 2.24) is 10.2 Å². The number of likely N-dealkylation sites (tertiary alicyclic amines) is 1. The number of hydrogen-bond donors (Lipinski definition) is 2. The van der Waals surface area contributed by atoms with Gasteiger partial charge in [-0.25, -0.2) is 0 Å². The maximum absolute atomic E-state index is 11.8. The SMILES string of the molecule is CNC(=O)C1CCN(C(C(N)=O)c2ccccc2)CC1. The highest BCUT2D eigenvalue weighted by Crippen LogP contribution is 2.26. The predicted molar refractivity (Wildman–Crippen MR) is 76.7 cm³/mol. The Morgan fingerprint density at radius 3 is 2.35 bits per heavy atom. The molecular formula is C15H21N3O2. The minimum atomic E-state index is -0.401. The average Bonchev–Trinajstić information content (AvgIpc) is 2.48.